The number of halogens is 6. The van der Waals surface area contributed by atoms with Gasteiger partial charge in [-0.15, -0.1) is 13.2 Å². The summed E-state index contributed by atoms with van der Waals surface area (Å²) in [4.78, 5) is 25.5. The van der Waals surface area contributed by atoms with Crippen LogP contribution in [0.2, 0.25) is 0 Å². The topological polar surface area (TPSA) is 182 Å². The highest BCUT2D eigenvalue weighted by atomic mass is 32.2. The molecule has 6 N–H and O–H groups in total. The fraction of sp³-hybridized carbons (Fsp3) is 0.156. The van der Waals surface area contributed by atoms with Gasteiger partial charge in [0.2, 0.25) is 5.91 Å². The number of aliphatic hydroxyl groups is 1. The highest BCUT2D eigenvalue weighted by Gasteiger charge is 2.50. The fourth-order valence-corrected chi connectivity index (χ4v) is 6.80. The molecule has 0 bridgehead atoms. The van der Waals surface area contributed by atoms with Gasteiger partial charge < -0.3 is 30.7 Å². The normalized spacial score (nSPS) is 17.5. The minimum absolute atomic E-state index is 0.0636. The van der Waals surface area contributed by atoms with Crippen LogP contribution >= 0.6 is 0 Å². The first-order valence-corrected chi connectivity index (χ1v) is 19.9. The standard InChI is InChI=1S/C22H19NO2.C16H12F3NO3.C6H6O.CHF3O3S/c1-14-6-8-16(9-7-14)22(17-10-12-18(24)13-11-17)19-5-3-4-15(2)20(19)23-21(22)25;1-9-3-2-4-12-13(9)20-14(21)15(12,22)10-5-7-11(8-6-10)23-16(17,18)19;7-6-4-2-1-3-5-6;2-1(3,4)8(5,6)7/h3-13,24H,1-2H3,(H,23,25);2-8,22H,1H3,(H,20,21);1-5,7H;(H,5,6,7). The Labute approximate surface area is 357 Å². The van der Waals surface area contributed by atoms with Crippen molar-refractivity contribution in [1.29, 1.82) is 0 Å². The molecule has 0 saturated heterocycles. The minimum atomic E-state index is -5.84. The molecule has 0 aromatic heterocycles. The summed E-state index contributed by atoms with van der Waals surface area (Å²) < 4.78 is 97.9. The Morgan fingerprint density at radius 1 is 0.556 bits per heavy atom. The Balaban J connectivity index is 0.000000180. The molecule has 2 aliphatic heterocycles. The highest BCUT2D eigenvalue weighted by molar-refractivity contribution is 7.86. The lowest BCUT2D eigenvalue weighted by Crippen LogP contribution is -2.36. The third-order valence-electron chi connectivity index (χ3n) is 9.82. The van der Waals surface area contributed by atoms with E-state index < -0.39 is 44.7 Å². The van der Waals surface area contributed by atoms with E-state index in [4.69, 9.17) is 18.1 Å². The number of para-hydroxylation sites is 3. The molecule has 18 heteroatoms. The number of ether oxygens (including phenoxy) is 1. The maximum Gasteiger partial charge on any atom is 0.573 e. The molecule has 2 atom stereocenters. The van der Waals surface area contributed by atoms with Crippen molar-refractivity contribution in [2.24, 2.45) is 0 Å². The second-order valence-corrected chi connectivity index (χ2v) is 15.5. The molecule has 8 rings (SSSR count). The lowest BCUT2D eigenvalue weighted by Gasteiger charge is -2.29. The Morgan fingerprint density at radius 3 is 1.44 bits per heavy atom. The molecular weight excluding hydrogens is 859 g/mol. The summed E-state index contributed by atoms with van der Waals surface area (Å²) in [5, 5.41) is 34.9. The number of alkyl halides is 6. The van der Waals surface area contributed by atoms with Crippen LogP contribution in [0, 0.1) is 20.8 Å². The van der Waals surface area contributed by atoms with Crippen LogP contribution in [0.1, 0.15) is 44.5 Å². The number of rotatable bonds is 4. The lowest BCUT2D eigenvalue weighted by atomic mass is 9.70. The van der Waals surface area contributed by atoms with Gasteiger partial charge in [0.15, 0.2) is 5.60 Å². The van der Waals surface area contributed by atoms with Crippen molar-refractivity contribution in [1.82, 2.24) is 0 Å². The molecule has 2 unspecified atom stereocenters. The molecule has 330 valence electrons. The number of phenols is 2. The first-order valence-electron chi connectivity index (χ1n) is 18.5. The molecule has 63 heavy (non-hydrogen) atoms. The van der Waals surface area contributed by atoms with E-state index in [2.05, 4.69) is 15.4 Å². The highest BCUT2D eigenvalue weighted by Crippen LogP contribution is 2.49. The van der Waals surface area contributed by atoms with E-state index in [1.807, 2.05) is 74.5 Å². The maximum absolute atomic E-state index is 13.3. The van der Waals surface area contributed by atoms with Gasteiger partial charge in [0, 0.05) is 16.8 Å². The van der Waals surface area contributed by atoms with E-state index >= 15 is 0 Å². The number of aryl methyl sites for hydroxylation is 3. The predicted molar refractivity (Wildman–Crippen MR) is 221 cm³/mol. The fourth-order valence-electron chi connectivity index (χ4n) is 6.80. The van der Waals surface area contributed by atoms with Crippen molar-refractivity contribution < 1.29 is 69.0 Å². The van der Waals surface area contributed by atoms with Gasteiger partial charge in [0.05, 0.1) is 5.69 Å². The van der Waals surface area contributed by atoms with Gasteiger partial charge >= 0.3 is 22.0 Å². The van der Waals surface area contributed by atoms with Crippen LogP contribution in [0.5, 0.6) is 17.2 Å². The van der Waals surface area contributed by atoms with Gasteiger partial charge in [-0.05, 0) is 85.0 Å². The van der Waals surface area contributed by atoms with Crippen LogP contribution in [-0.2, 0) is 30.7 Å². The third-order valence-corrected chi connectivity index (χ3v) is 10.4. The van der Waals surface area contributed by atoms with E-state index in [0.717, 1.165) is 51.2 Å². The number of benzene rings is 6. The number of carbonyl (C=O) groups is 2. The SMILES string of the molecule is Cc1ccc(C2(c3ccc(O)cc3)C(=O)Nc3c(C)cccc32)cc1.Cc1cccc2c1NC(=O)C2(O)c1ccc(OC(F)(F)F)cc1.O=S(=O)(O)C(F)(F)F.Oc1ccccc1. The Bertz CT molecular complexity index is 2650. The molecule has 0 radical (unpaired) electrons. The zero-order valence-corrected chi connectivity index (χ0v) is 34.1. The molecule has 0 saturated carbocycles. The summed E-state index contributed by atoms with van der Waals surface area (Å²) in [7, 11) is -5.84. The summed E-state index contributed by atoms with van der Waals surface area (Å²) in [6.45, 7) is 5.82. The number of hydrogen-bond acceptors (Lipinski definition) is 8. The molecule has 11 nitrogen and oxygen atoms in total. The smallest absolute Gasteiger partial charge is 0.508 e. The number of fused-ring (bicyclic) bond motifs is 2. The summed E-state index contributed by atoms with van der Waals surface area (Å²) in [6, 6.07) is 39.4. The van der Waals surface area contributed by atoms with E-state index in [1.165, 1.54) is 12.1 Å². The molecule has 6 aromatic rings. The van der Waals surface area contributed by atoms with Crippen molar-refractivity contribution in [3.8, 4) is 17.2 Å². The van der Waals surface area contributed by atoms with E-state index in [-0.39, 0.29) is 17.2 Å². The van der Waals surface area contributed by atoms with Gasteiger partial charge in [0.1, 0.15) is 22.7 Å². The Hall–Kier alpha value is -6.89. The van der Waals surface area contributed by atoms with Gasteiger partial charge in [-0.25, -0.2) is 0 Å². The van der Waals surface area contributed by atoms with E-state index in [9.17, 15) is 46.1 Å². The predicted octanol–water partition coefficient (Wildman–Crippen LogP) is 9.16. The average Bonchev–Trinajstić information content (AvgIpc) is 3.66. The quantitative estimate of drug-likeness (QED) is 0.0571. The zero-order valence-electron chi connectivity index (χ0n) is 33.3. The van der Waals surface area contributed by atoms with E-state index in [1.54, 1.807) is 61.5 Å². The van der Waals surface area contributed by atoms with Crippen molar-refractivity contribution in [2.45, 2.75) is 43.7 Å². The van der Waals surface area contributed by atoms with Crippen LogP contribution in [-0.4, -0.2) is 52.0 Å². The van der Waals surface area contributed by atoms with Crippen LogP contribution in [0.25, 0.3) is 0 Å². The molecule has 6 aromatic carbocycles. The first-order chi connectivity index (χ1) is 29.4. The number of amides is 2. The second kappa shape index (κ2) is 18.2. The van der Waals surface area contributed by atoms with Gasteiger partial charge in [-0.1, -0.05) is 109 Å². The van der Waals surface area contributed by atoms with Gasteiger partial charge in [-0.2, -0.15) is 21.6 Å². The Morgan fingerprint density at radius 2 is 0.984 bits per heavy atom. The summed E-state index contributed by atoms with van der Waals surface area (Å²) in [6.07, 6.45) is -4.80. The maximum atomic E-state index is 13.3. The first kappa shape index (κ1) is 47.2. The molecule has 0 aliphatic carbocycles. The lowest BCUT2D eigenvalue weighted by molar-refractivity contribution is -0.274. The number of anilines is 2. The van der Waals surface area contributed by atoms with Crippen molar-refractivity contribution in [3.63, 3.8) is 0 Å². The summed E-state index contributed by atoms with van der Waals surface area (Å²) in [5.74, 6) is -0.626. The summed E-state index contributed by atoms with van der Waals surface area (Å²) in [5.41, 5.74) is -0.797. The number of carbonyl (C=O) groups excluding carboxylic acids is 2. The third kappa shape index (κ3) is 10.3. The number of hydrogen-bond donors (Lipinski definition) is 6. The van der Waals surface area contributed by atoms with Crippen molar-refractivity contribution >= 4 is 33.3 Å². The van der Waals surface area contributed by atoms with Gasteiger partial charge in [0.25, 0.3) is 5.91 Å². The minimum Gasteiger partial charge on any atom is -0.508 e. The largest absolute Gasteiger partial charge is 0.573 e. The number of aromatic hydroxyl groups is 2. The summed E-state index contributed by atoms with van der Waals surface area (Å²) >= 11 is 0. The Kier molecular flexibility index (Phi) is 13.6. The second-order valence-electron chi connectivity index (χ2n) is 14.1. The monoisotopic (exact) mass is 896 g/mol. The van der Waals surface area contributed by atoms with Crippen molar-refractivity contribution in [3.05, 3.63) is 184 Å². The molecule has 2 heterocycles. The van der Waals surface area contributed by atoms with Crippen molar-refractivity contribution in [2.75, 3.05) is 10.6 Å². The van der Waals surface area contributed by atoms with Crippen LogP contribution in [0.15, 0.2) is 140 Å². The number of phenolic OH excluding ortho intramolecular Hbond substituents is 2. The average molecular weight is 897 g/mol. The molecule has 0 spiro atoms. The molecule has 2 aliphatic rings. The number of nitrogens with one attached hydrogen (secondary N) is 2. The molecular formula is C45H38F6N2O9S. The van der Waals surface area contributed by atoms with Crippen LogP contribution < -0.4 is 15.4 Å². The van der Waals surface area contributed by atoms with E-state index in [0.29, 0.717) is 17.0 Å². The van der Waals surface area contributed by atoms with Gasteiger partial charge in [-0.3, -0.25) is 14.1 Å². The molecule has 2 amide bonds. The zero-order chi connectivity index (χ0) is 46.5. The van der Waals surface area contributed by atoms with Crippen LogP contribution in [0.3, 0.4) is 0 Å². The van der Waals surface area contributed by atoms with Crippen LogP contribution in [0.4, 0.5) is 37.7 Å². The molecule has 0 fully saturated rings.